The number of benzene rings is 2. The van der Waals surface area contributed by atoms with Crippen LogP contribution in [0.4, 0.5) is 4.39 Å². The van der Waals surface area contributed by atoms with Gasteiger partial charge in [-0.05, 0) is 49.4 Å². The normalized spacial score (nSPS) is 25.0. The number of carbonyl (C=O) groups excluding carboxylic acids is 1. The molecule has 2 fully saturated rings. The summed E-state index contributed by atoms with van der Waals surface area (Å²) in [5.74, 6) is -0.609. The van der Waals surface area contributed by atoms with E-state index in [2.05, 4.69) is 29.2 Å². The highest BCUT2D eigenvalue weighted by Crippen LogP contribution is 2.40. The van der Waals surface area contributed by atoms with Crippen LogP contribution in [0.2, 0.25) is 0 Å². The molecule has 2 unspecified atom stereocenters. The first-order valence-electron chi connectivity index (χ1n) is 9.18. The van der Waals surface area contributed by atoms with Gasteiger partial charge >= 0.3 is 0 Å². The number of nitrogens with zero attached hydrogens (tertiary/aromatic N) is 2. The van der Waals surface area contributed by atoms with Crippen LogP contribution in [0.5, 0.6) is 0 Å². The summed E-state index contributed by atoms with van der Waals surface area (Å²) in [6.45, 7) is 0.926. The Balaban J connectivity index is 1.49. The van der Waals surface area contributed by atoms with Crippen molar-refractivity contribution in [1.29, 1.82) is 5.26 Å². The highest BCUT2D eigenvalue weighted by Gasteiger charge is 2.42. The zero-order chi connectivity index (χ0) is 18.1. The first kappa shape index (κ1) is 16.9. The monoisotopic (exact) mass is 348 g/mol. The average Bonchev–Trinajstić information content (AvgIpc) is 2.89. The van der Waals surface area contributed by atoms with Gasteiger partial charge in [0.25, 0.3) is 0 Å². The van der Waals surface area contributed by atoms with E-state index in [1.54, 1.807) is 0 Å². The fraction of sp³-hybridized carbons (Fsp3) is 0.364. The number of Topliss-reactive ketones (excluding diaryl/α,β-unsaturated/α-hetero) is 1. The molecule has 2 aliphatic heterocycles. The lowest BCUT2D eigenvalue weighted by Crippen LogP contribution is -2.44. The molecular formula is C22H21FN2O. The molecule has 2 heterocycles. The molecule has 0 spiro atoms. The van der Waals surface area contributed by atoms with Crippen molar-refractivity contribution in [2.75, 3.05) is 0 Å². The number of carbonyl (C=O) groups is 1. The van der Waals surface area contributed by atoms with E-state index in [9.17, 15) is 9.18 Å². The van der Waals surface area contributed by atoms with Crippen molar-refractivity contribution >= 4 is 5.78 Å². The molecule has 4 heteroatoms. The second kappa shape index (κ2) is 7.01. The Bertz CT molecular complexity index is 844. The van der Waals surface area contributed by atoms with E-state index in [1.165, 1.54) is 23.8 Å². The van der Waals surface area contributed by atoms with Crippen molar-refractivity contribution in [2.24, 2.45) is 5.92 Å². The molecule has 0 N–H and O–H groups in total. The Morgan fingerprint density at radius 1 is 1.12 bits per heavy atom. The lowest BCUT2D eigenvalue weighted by Gasteiger charge is -2.38. The summed E-state index contributed by atoms with van der Waals surface area (Å²) in [6, 6.07) is 17.1. The minimum Gasteiger partial charge on any atom is -0.294 e. The third-order valence-electron chi connectivity index (χ3n) is 5.77. The molecule has 2 bridgehead atoms. The summed E-state index contributed by atoms with van der Waals surface area (Å²) in [7, 11) is 0. The van der Waals surface area contributed by atoms with Crippen LogP contribution in [0.15, 0.2) is 48.5 Å². The molecule has 0 saturated carbocycles. The summed E-state index contributed by atoms with van der Waals surface area (Å²) >= 11 is 0. The molecule has 0 amide bonds. The van der Waals surface area contributed by atoms with Crippen LogP contribution in [0.25, 0.3) is 0 Å². The molecule has 26 heavy (non-hydrogen) atoms. The van der Waals surface area contributed by atoms with Crippen molar-refractivity contribution in [3.05, 3.63) is 71.0 Å². The van der Waals surface area contributed by atoms with Crippen molar-refractivity contribution in [3.8, 4) is 6.07 Å². The zero-order valence-electron chi connectivity index (χ0n) is 14.6. The second-order valence-electron chi connectivity index (χ2n) is 7.42. The third kappa shape index (κ3) is 3.27. The molecule has 2 aromatic carbocycles. The topological polar surface area (TPSA) is 44.1 Å². The van der Waals surface area contributed by atoms with E-state index in [0.29, 0.717) is 17.6 Å². The average molecular weight is 348 g/mol. The number of halogens is 1. The van der Waals surface area contributed by atoms with Crippen LogP contribution in [0.3, 0.4) is 0 Å². The predicted octanol–water partition coefficient (Wildman–Crippen LogP) is 4.32. The fourth-order valence-electron chi connectivity index (χ4n) is 4.57. The number of hydrogen-bond donors (Lipinski definition) is 0. The lowest BCUT2D eigenvalue weighted by atomic mass is 9.84. The molecule has 132 valence electrons. The number of hydrogen-bond acceptors (Lipinski definition) is 3. The quantitative estimate of drug-likeness (QED) is 0.773. The van der Waals surface area contributed by atoms with Crippen LogP contribution < -0.4 is 0 Å². The fourth-order valence-corrected chi connectivity index (χ4v) is 4.57. The van der Waals surface area contributed by atoms with Gasteiger partial charge in [-0.3, -0.25) is 9.69 Å². The summed E-state index contributed by atoms with van der Waals surface area (Å²) in [6.07, 6.45) is 3.88. The summed E-state index contributed by atoms with van der Waals surface area (Å²) in [5, 5.41) is 9.01. The van der Waals surface area contributed by atoms with Gasteiger partial charge < -0.3 is 0 Å². The maximum absolute atomic E-state index is 13.7. The molecule has 0 aliphatic carbocycles. The molecule has 4 rings (SSSR count). The van der Waals surface area contributed by atoms with E-state index >= 15 is 0 Å². The standard InChI is InChI=1S/C22H21FN2O/c23-19-9-16(13-24)8-17(10-19)22(26)18-11-20-6-7-21(12-18)25(20)14-15-4-2-1-3-5-15/h1-5,8-10,18,20-21H,6-7,11-12,14H2. The first-order valence-corrected chi connectivity index (χ1v) is 9.18. The van der Waals surface area contributed by atoms with E-state index in [0.717, 1.165) is 32.2 Å². The highest BCUT2D eigenvalue weighted by atomic mass is 19.1. The van der Waals surface area contributed by atoms with Crippen LogP contribution >= 0.6 is 0 Å². The van der Waals surface area contributed by atoms with Crippen molar-refractivity contribution in [3.63, 3.8) is 0 Å². The van der Waals surface area contributed by atoms with Gasteiger partial charge in [0.2, 0.25) is 0 Å². The van der Waals surface area contributed by atoms with Crippen molar-refractivity contribution in [2.45, 2.75) is 44.3 Å². The number of rotatable bonds is 4. The molecular weight excluding hydrogens is 327 g/mol. The number of piperidine rings is 1. The van der Waals surface area contributed by atoms with E-state index in [4.69, 9.17) is 5.26 Å². The smallest absolute Gasteiger partial charge is 0.166 e. The lowest BCUT2D eigenvalue weighted by molar-refractivity contribution is 0.0678. The minimum atomic E-state index is -0.517. The van der Waals surface area contributed by atoms with Gasteiger partial charge in [0.1, 0.15) is 5.82 Å². The number of ketones is 1. The maximum Gasteiger partial charge on any atom is 0.166 e. The Hall–Kier alpha value is -2.51. The summed E-state index contributed by atoms with van der Waals surface area (Å²) in [4.78, 5) is 15.4. The summed E-state index contributed by atoms with van der Waals surface area (Å²) in [5.41, 5.74) is 1.85. The molecule has 0 radical (unpaired) electrons. The molecule has 3 nitrogen and oxygen atoms in total. The van der Waals surface area contributed by atoms with Crippen molar-refractivity contribution in [1.82, 2.24) is 4.90 Å². The Morgan fingerprint density at radius 2 is 1.81 bits per heavy atom. The Labute approximate surface area is 153 Å². The van der Waals surface area contributed by atoms with Gasteiger partial charge in [-0.2, -0.15) is 5.26 Å². The van der Waals surface area contributed by atoms with Crippen molar-refractivity contribution < 1.29 is 9.18 Å². The SMILES string of the molecule is N#Cc1cc(F)cc(C(=O)C2CC3CCC(C2)N3Cc2ccccc2)c1. The van der Waals surface area contributed by atoms with E-state index in [1.807, 2.05) is 12.1 Å². The van der Waals surface area contributed by atoms with Gasteiger partial charge in [0, 0.05) is 30.1 Å². The van der Waals surface area contributed by atoms with Gasteiger partial charge in [-0.25, -0.2) is 4.39 Å². The molecule has 2 atom stereocenters. The first-order chi connectivity index (χ1) is 12.6. The van der Waals surface area contributed by atoms with Crippen LogP contribution in [-0.2, 0) is 6.54 Å². The van der Waals surface area contributed by atoms with Gasteiger partial charge in [-0.15, -0.1) is 0 Å². The Kier molecular flexibility index (Phi) is 4.57. The largest absolute Gasteiger partial charge is 0.294 e. The Morgan fingerprint density at radius 3 is 2.46 bits per heavy atom. The van der Waals surface area contributed by atoms with Crippen LogP contribution in [0, 0.1) is 23.1 Å². The minimum absolute atomic E-state index is 0.0164. The predicted molar refractivity (Wildman–Crippen MR) is 97.0 cm³/mol. The molecule has 2 aromatic rings. The molecule has 2 aliphatic rings. The van der Waals surface area contributed by atoms with E-state index in [-0.39, 0.29) is 17.3 Å². The second-order valence-corrected chi connectivity index (χ2v) is 7.42. The molecule has 2 saturated heterocycles. The summed E-state index contributed by atoms with van der Waals surface area (Å²) < 4.78 is 13.7. The number of fused-ring (bicyclic) bond motifs is 2. The number of nitriles is 1. The zero-order valence-corrected chi connectivity index (χ0v) is 14.6. The third-order valence-corrected chi connectivity index (χ3v) is 5.77. The van der Waals surface area contributed by atoms with Crippen LogP contribution in [0.1, 0.15) is 47.2 Å². The van der Waals surface area contributed by atoms with E-state index < -0.39 is 5.82 Å². The van der Waals surface area contributed by atoms with Gasteiger partial charge in [-0.1, -0.05) is 30.3 Å². The highest BCUT2D eigenvalue weighted by molar-refractivity contribution is 5.98. The van der Waals surface area contributed by atoms with Gasteiger partial charge in [0.15, 0.2) is 5.78 Å². The maximum atomic E-state index is 13.7. The van der Waals surface area contributed by atoms with Gasteiger partial charge in [0.05, 0.1) is 11.6 Å². The van der Waals surface area contributed by atoms with Crippen LogP contribution in [-0.4, -0.2) is 22.8 Å². The molecule has 0 aromatic heterocycles.